The van der Waals surface area contributed by atoms with E-state index in [9.17, 15) is 4.79 Å². The van der Waals surface area contributed by atoms with E-state index in [-0.39, 0.29) is 0 Å². The largest absolute Gasteiger partial charge is 0.304 e. The van der Waals surface area contributed by atoms with E-state index in [2.05, 4.69) is 30.6 Å². The highest BCUT2D eigenvalue weighted by atomic mass is 16.1. The molecule has 0 spiro atoms. The van der Waals surface area contributed by atoms with Crippen molar-refractivity contribution >= 4 is 5.78 Å². The lowest BCUT2D eigenvalue weighted by atomic mass is 9.93. The van der Waals surface area contributed by atoms with E-state index in [1.165, 1.54) is 19.4 Å². The maximum absolute atomic E-state index is 11.5. The third kappa shape index (κ3) is 5.07. The minimum atomic E-state index is 0.466. The Morgan fingerprint density at radius 1 is 1.11 bits per heavy atom. The molecule has 0 aromatic carbocycles. The molecule has 0 radical (unpaired) electrons. The first-order valence-electron chi connectivity index (χ1n) is 7.69. The van der Waals surface area contributed by atoms with Crippen molar-refractivity contribution in [1.82, 2.24) is 9.80 Å². The minimum Gasteiger partial charge on any atom is -0.304 e. The van der Waals surface area contributed by atoms with E-state index < -0.39 is 0 Å². The van der Waals surface area contributed by atoms with Crippen LogP contribution >= 0.6 is 0 Å². The number of carbonyl (C=O) groups excluding carboxylic acids is 1. The van der Waals surface area contributed by atoms with Gasteiger partial charge in [-0.3, -0.25) is 4.79 Å². The molecule has 1 aliphatic rings. The summed E-state index contributed by atoms with van der Waals surface area (Å²) in [7, 11) is 0. The lowest BCUT2D eigenvalue weighted by Gasteiger charge is -2.33. The molecule has 0 aromatic heterocycles. The van der Waals surface area contributed by atoms with Crippen molar-refractivity contribution in [3.8, 4) is 0 Å². The Morgan fingerprint density at radius 3 is 2.39 bits per heavy atom. The van der Waals surface area contributed by atoms with Crippen molar-refractivity contribution in [2.24, 2.45) is 0 Å². The zero-order chi connectivity index (χ0) is 13.4. The normalized spacial score (nSPS) is 20.9. The van der Waals surface area contributed by atoms with Crippen molar-refractivity contribution in [3.63, 3.8) is 0 Å². The van der Waals surface area contributed by atoms with Crippen LogP contribution in [0.5, 0.6) is 0 Å². The molecule has 3 heteroatoms. The molecular formula is C15H30N2O. The Kier molecular flexibility index (Phi) is 7.52. The fourth-order valence-electron chi connectivity index (χ4n) is 2.95. The molecule has 0 saturated heterocycles. The first-order chi connectivity index (χ1) is 8.71. The van der Waals surface area contributed by atoms with Crippen LogP contribution in [0, 0.1) is 0 Å². The van der Waals surface area contributed by atoms with Crippen LogP contribution in [0.3, 0.4) is 0 Å². The standard InChI is InChI=1S/C15H30N2O/c1-4-16(5-2)11-8-12-17(6-3)14-9-7-10-15(18)13-14/h14H,4-13H2,1-3H3. The molecule has 0 bridgehead atoms. The number of hydrogen-bond donors (Lipinski definition) is 0. The molecule has 1 rings (SSSR count). The summed E-state index contributed by atoms with van der Waals surface area (Å²) >= 11 is 0. The third-order valence-electron chi connectivity index (χ3n) is 4.19. The lowest BCUT2D eigenvalue weighted by Crippen LogP contribution is -2.40. The monoisotopic (exact) mass is 254 g/mol. The predicted octanol–water partition coefficient (Wildman–Crippen LogP) is 2.55. The van der Waals surface area contributed by atoms with Gasteiger partial charge in [0.15, 0.2) is 0 Å². The molecule has 1 aliphatic carbocycles. The van der Waals surface area contributed by atoms with Crippen molar-refractivity contribution in [2.75, 3.05) is 32.7 Å². The van der Waals surface area contributed by atoms with Gasteiger partial charge in [0, 0.05) is 18.9 Å². The zero-order valence-corrected chi connectivity index (χ0v) is 12.5. The summed E-state index contributed by atoms with van der Waals surface area (Å²) in [5.41, 5.74) is 0. The molecular weight excluding hydrogens is 224 g/mol. The van der Waals surface area contributed by atoms with Gasteiger partial charge in [-0.1, -0.05) is 20.8 Å². The highest BCUT2D eigenvalue weighted by Gasteiger charge is 2.23. The van der Waals surface area contributed by atoms with E-state index in [4.69, 9.17) is 0 Å². The molecule has 106 valence electrons. The smallest absolute Gasteiger partial charge is 0.134 e. The Labute approximate surface area is 113 Å². The number of nitrogens with zero attached hydrogens (tertiary/aromatic N) is 2. The van der Waals surface area contributed by atoms with Crippen LogP contribution < -0.4 is 0 Å². The van der Waals surface area contributed by atoms with Crippen LogP contribution in [0.15, 0.2) is 0 Å². The second-order valence-electron chi connectivity index (χ2n) is 5.30. The maximum atomic E-state index is 11.5. The fourth-order valence-corrected chi connectivity index (χ4v) is 2.95. The van der Waals surface area contributed by atoms with E-state index in [1.54, 1.807) is 0 Å². The summed E-state index contributed by atoms with van der Waals surface area (Å²) in [5, 5.41) is 0. The maximum Gasteiger partial charge on any atom is 0.134 e. The zero-order valence-electron chi connectivity index (χ0n) is 12.5. The second-order valence-corrected chi connectivity index (χ2v) is 5.30. The average molecular weight is 254 g/mol. The third-order valence-corrected chi connectivity index (χ3v) is 4.19. The van der Waals surface area contributed by atoms with Crippen LogP contribution in [0.4, 0.5) is 0 Å². The SMILES string of the molecule is CCN(CC)CCCN(CC)C1CCCC(=O)C1. The Hall–Kier alpha value is -0.410. The molecule has 0 aliphatic heterocycles. The molecule has 0 amide bonds. The van der Waals surface area contributed by atoms with Gasteiger partial charge in [0.25, 0.3) is 0 Å². The number of carbonyl (C=O) groups is 1. The second kappa shape index (κ2) is 8.65. The molecule has 0 N–H and O–H groups in total. The van der Waals surface area contributed by atoms with Gasteiger partial charge in [0.2, 0.25) is 0 Å². The van der Waals surface area contributed by atoms with Crippen LogP contribution in [-0.2, 0) is 4.79 Å². The average Bonchev–Trinajstić information content (AvgIpc) is 2.39. The number of Topliss-reactive ketones (excluding diaryl/α,β-unsaturated/α-hetero) is 1. The lowest BCUT2D eigenvalue weighted by molar-refractivity contribution is -0.122. The van der Waals surface area contributed by atoms with Gasteiger partial charge in [0.05, 0.1) is 0 Å². The van der Waals surface area contributed by atoms with Crippen LogP contribution in [0.1, 0.15) is 52.9 Å². The van der Waals surface area contributed by atoms with Crippen molar-refractivity contribution in [1.29, 1.82) is 0 Å². The summed E-state index contributed by atoms with van der Waals surface area (Å²) in [6.45, 7) is 12.4. The van der Waals surface area contributed by atoms with Crippen molar-refractivity contribution < 1.29 is 4.79 Å². The van der Waals surface area contributed by atoms with Crippen LogP contribution in [0.25, 0.3) is 0 Å². The van der Waals surface area contributed by atoms with E-state index in [0.717, 1.165) is 45.4 Å². The van der Waals surface area contributed by atoms with E-state index >= 15 is 0 Å². The Balaban J connectivity index is 2.30. The fraction of sp³-hybridized carbons (Fsp3) is 0.933. The highest BCUT2D eigenvalue weighted by Crippen LogP contribution is 2.20. The number of ketones is 1. The Bertz CT molecular complexity index is 239. The summed E-state index contributed by atoms with van der Waals surface area (Å²) in [5.74, 6) is 0.466. The molecule has 1 fully saturated rings. The highest BCUT2D eigenvalue weighted by molar-refractivity contribution is 5.79. The summed E-state index contributed by atoms with van der Waals surface area (Å²) < 4.78 is 0. The molecule has 3 nitrogen and oxygen atoms in total. The van der Waals surface area contributed by atoms with Crippen molar-refractivity contribution in [2.45, 2.75) is 58.9 Å². The molecule has 1 unspecified atom stereocenters. The van der Waals surface area contributed by atoms with Gasteiger partial charge in [-0.2, -0.15) is 0 Å². The molecule has 1 atom stereocenters. The number of hydrogen-bond acceptors (Lipinski definition) is 3. The topological polar surface area (TPSA) is 23.6 Å². The van der Waals surface area contributed by atoms with Crippen LogP contribution in [-0.4, -0.2) is 54.3 Å². The summed E-state index contributed by atoms with van der Waals surface area (Å²) in [6.07, 6.45) is 5.13. The van der Waals surface area contributed by atoms with Crippen LogP contribution in [0.2, 0.25) is 0 Å². The molecule has 0 heterocycles. The number of rotatable bonds is 8. The van der Waals surface area contributed by atoms with E-state index in [0.29, 0.717) is 11.8 Å². The first kappa shape index (κ1) is 15.6. The molecule has 0 aromatic rings. The van der Waals surface area contributed by atoms with Gasteiger partial charge >= 0.3 is 0 Å². The quantitative estimate of drug-likeness (QED) is 0.665. The van der Waals surface area contributed by atoms with Gasteiger partial charge in [0.1, 0.15) is 5.78 Å². The molecule has 18 heavy (non-hydrogen) atoms. The summed E-state index contributed by atoms with van der Waals surface area (Å²) in [4.78, 5) is 16.5. The minimum absolute atomic E-state index is 0.466. The van der Waals surface area contributed by atoms with Gasteiger partial charge in [-0.25, -0.2) is 0 Å². The van der Waals surface area contributed by atoms with E-state index in [1.807, 2.05) is 0 Å². The Morgan fingerprint density at radius 2 is 1.83 bits per heavy atom. The first-order valence-corrected chi connectivity index (χ1v) is 7.69. The van der Waals surface area contributed by atoms with Gasteiger partial charge in [-0.15, -0.1) is 0 Å². The predicted molar refractivity (Wildman–Crippen MR) is 76.9 cm³/mol. The van der Waals surface area contributed by atoms with Crippen molar-refractivity contribution in [3.05, 3.63) is 0 Å². The van der Waals surface area contributed by atoms with Gasteiger partial charge < -0.3 is 9.80 Å². The van der Waals surface area contributed by atoms with Gasteiger partial charge in [-0.05, 0) is 52.0 Å². The molecule has 1 saturated carbocycles. The summed E-state index contributed by atoms with van der Waals surface area (Å²) in [6, 6.07) is 0.521.